The van der Waals surface area contributed by atoms with Crippen LogP contribution in [-0.4, -0.2) is 29.9 Å². The number of aromatic amines is 2. The van der Waals surface area contributed by atoms with Gasteiger partial charge in [-0.25, -0.2) is 15.0 Å². The van der Waals surface area contributed by atoms with E-state index in [0.717, 1.165) is 0 Å². The second-order valence-electron chi connectivity index (χ2n) is 3.24. The normalized spacial score (nSPS) is 10.9. The van der Waals surface area contributed by atoms with Crippen molar-refractivity contribution in [2.24, 2.45) is 0 Å². The van der Waals surface area contributed by atoms with E-state index in [0.29, 0.717) is 21.3 Å². The average Bonchev–Trinajstić information content (AvgIpc) is 2.77. The Labute approximate surface area is 109 Å². The highest BCUT2D eigenvalue weighted by molar-refractivity contribution is 7.99. The molecule has 0 radical (unpaired) electrons. The number of halogens is 1. The van der Waals surface area contributed by atoms with Gasteiger partial charge in [0.2, 0.25) is 5.28 Å². The predicted molar refractivity (Wildman–Crippen MR) is 65.7 cm³/mol. The van der Waals surface area contributed by atoms with Crippen LogP contribution in [0.4, 0.5) is 0 Å². The Kier molecular flexibility index (Phi) is 2.73. The predicted octanol–water partition coefficient (Wildman–Crippen LogP) is 1.24. The molecular weight excluding hydrogens is 276 g/mol. The number of nitrogens with one attached hydrogen (secondary N) is 2. The van der Waals surface area contributed by atoms with Crippen LogP contribution in [0, 0.1) is 0 Å². The third-order valence-electron chi connectivity index (χ3n) is 2.07. The van der Waals surface area contributed by atoms with Crippen LogP contribution in [0.1, 0.15) is 0 Å². The third kappa shape index (κ3) is 2.07. The first kappa shape index (κ1) is 11.2. The summed E-state index contributed by atoms with van der Waals surface area (Å²) in [7, 11) is 0. The fraction of sp³-hybridized carbons (Fsp3) is 0. The van der Waals surface area contributed by atoms with Gasteiger partial charge < -0.3 is 9.97 Å². The number of aromatic nitrogens is 6. The molecule has 0 saturated carbocycles. The third-order valence-corrected chi connectivity index (χ3v) is 3.12. The Morgan fingerprint density at radius 2 is 2.17 bits per heavy atom. The second-order valence-corrected chi connectivity index (χ2v) is 4.56. The van der Waals surface area contributed by atoms with E-state index in [1.807, 2.05) is 0 Å². The number of rotatable bonds is 2. The molecule has 0 aromatic carbocycles. The van der Waals surface area contributed by atoms with Crippen molar-refractivity contribution in [2.75, 3.05) is 0 Å². The Morgan fingerprint density at radius 1 is 1.28 bits per heavy atom. The molecule has 0 aliphatic rings. The van der Waals surface area contributed by atoms with Gasteiger partial charge in [-0.1, -0.05) is 0 Å². The molecular formula is C9H5ClN6OS. The van der Waals surface area contributed by atoms with Crippen LogP contribution in [0.5, 0.6) is 0 Å². The van der Waals surface area contributed by atoms with Crippen LogP contribution < -0.4 is 5.56 Å². The maximum Gasteiger partial charge on any atom is 0.251 e. The summed E-state index contributed by atoms with van der Waals surface area (Å²) in [5.74, 6) is 0. The first-order valence-electron chi connectivity index (χ1n) is 4.82. The quantitative estimate of drug-likeness (QED) is 0.541. The van der Waals surface area contributed by atoms with Crippen molar-refractivity contribution in [3.05, 3.63) is 34.2 Å². The number of nitrogens with zero attached hydrogens (tertiary/aromatic N) is 4. The highest BCUT2D eigenvalue weighted by Gasteiger charge is 2.11. The van der Waals surface area contributed by atoms with Crippen LogP contribution in [-0.2, 0) is 0 Å². The fourth-order valence-corrected chi connectivity index (χ4v) is 2.40. The molecule has 0 aliphatic heterocycles. The molecule has 0 saturated heterocycles. The van der Waals surface area contributed by atoms with Crippen molar-refractivity contribution in [1.82, 2.24) is 29.9 Å². The molecule has 3 heterocycles. The van der Waals surface area contributed by atoms with Crippen molar-refractivity contribution >= 4 is 34.5 Å². The van der Waals surface area contributed by atoms with Gasteiger partial charge in [0.15, 0.2) is 10.8 Å². The number of imidazole rings is 1. The zero-order chi connectivity index (χ0) is 12.5. The lowest BCUT2D eigenvalue weighted by atomic mass is 10.6. The molecule has 0 fully saturated rings. The van der Waals surface area contributed by atoms with E-state index in [-0.39, 0.29) is 10.8 Å². The zero-order valence-corrected chi connectivity index (χ0v) is 10.3. The lowest BCUT2D eigenvalue weighted by molar-refractivity contribution is 0.931. The zero-order valence-electron chi connectivity index (χ0n) is 8.72. The van der Waals surface area contributed by atoms with E-state index in [4.69, 9.17) is 11.6 Å². The van der Waals surface area contributed by atoms with Crippen LogP contribution in [0.2, 0.25) is 5.28 Å². The first-order chi connectivity index (χ1) is 8.72. The van der Waals surface area contributed by atoms with Crippen molar-refractivity contribution in [3.63, 3.8) is 0 Å². The standard InChI is InChI=1S/C9H5ClN6OS/c10-8-15-6-5(12-3-13-6)7(16-8)18-9-11-2-1-4(17)14-9/h1-3H,(H,11,14,17)(H,12,13,15,16). The molecule has 18 heavy (non-hydrogen) atoms. The highest BCUT2D eigenvalue weighted by atomic mass is 35.5. The van der Waals surface area contributed by atoms with Crippen molar-refractivity contribution in [3.8, 4) is 0 Å². The molecule has 9 heteroatoms. The Hall–Kier alpha value is -1.93. The van der Waals surface area contributed by atoms with Gasteiger partial charge in [0.25, 0.3) is 5.56 Å². The van der Waals surface area contributed by atoms with E-state index in [9.17, 15) is 4.79 Å². The SMILES string of the molecule is O=c1ccnc(Sc2nc(Cl)nc3nc[nH]c23)[nH]1. The highest BCUT2D eigenvalue weighted by Crippen LogP contribution is 2.27. The Bertz CT molecular complexity index is 769. The molecule has 3 rings (SSSR count). The van der Waals surface area contributed by atoms with E-state index in [1.165, 1.54) is 30.4 Å². The van der Waals surface area contributed by atoms with Crippen LogP contribution in [0.25, 0.3) is 11.2 Å². The summed E-state index contributed by atoms with van der Waals surface area (Å²) < 4.78 is 0. The molecule has 90 valence electrons. The molecule has 0 aliphatic carbocycles. The Balaban J connectivity index is 2.09. The van der Waals surface area contributed by atoms with E-state index >= 15 is 0 Å². The molecule has 3 aromatic rings. The topological polar surface area (TPSA) is 100 Å². The van der Waals surface area contributed by atoms with Crippen molar-refractivity contribution in [2.45, 2.75) is 10.2 Å². The van der Waals surface area contributed by atoms with Gasteiger partial charge in [0, 0.05) is 12.3 Å². The maximum atomic E-state index is 11.2. The molecule has 0 atom stereocenters. The average molecular weight is 281 g/mol. The minimum Gasteiger partial charge on any atom is -0.341 e. The van der Waals surface area contributed by atoms with Crippen LogP contribution in [0.3, 0.4) is 0 Å². The van der Waals surface area contributed by atoms with Crippen molar-refractivity contribution < 1.29 is 0 Å². The monoisotopic (exact) mass is 280 g/mol. The summed E-state index contributed by atoms with van der Waals surface area (Å²) in [4.78, 5) is 32.8. The van der Waals surface area contributed by atoms with E-state index in [2.05, 4.69) is 29.9 Å². The number of fused-ring (bicyclic) bond motifs is 1. The lowest BCUT2D eigenvalue weighted by Gasteiger charge is -2.00. The van der Waals surface area contributed by atoms with E-state index < -0.39 is 0 Å². The molecule has 3 aromatic heterocycles. The summed E-state index contributed by atoms with van der Waals surface area (Å²) in [6, 6.07) is 1.34. The maximum absolute atomic E-state index is 11.2. The van der Waals surface area contributed by atoms with Crippen LogP contribution >= 0.6 is 23.4 Å². The molecule has 0 amide bonds. The fourth-order valence-electron chi connectivity index (χ4n) is 1.35. The molecule has 2 N–H and O–H groups in total. The molecule has 0 spiro atoms. The minimum atomic E-state index is -0.228. The first-order valence-corrected chi connectivity index (χ1v) is 6.01. The van der Waals surface area contributed by atoms with Gasteiger partial charge in [-0.05, 0) is 23.4 Å². The summed E-state index contributed by atoms with van der Waals surface area (Å²) in [6.07, 6.45) is 2.93. The van der Waals surface area contributed by atoms with Crippen LogP contribution in [0.15, 0.2) is 33.6 Å². The number of hydrogen-bond acceptors (Lipinski definition) is 6. The van der Waals surface area contributed by atoms with Gasteiger partial charge in [-0.2, -0.15) is 4.98 Å². The summed E-state index contributed by atoms with van der Waals surface area (Å²) in [5.41, 5.74) is 0.889. The van der Waals surface area contributed by atoms with Gasteiger partial charge in [-0.3, -0.25) is 4.79 Å². The van der Waals surface area contributed by atoms with Crippen molar-refractivity contribution in [1.29, 1.82) is 0 Å². The molecule has 7 nitrogen and oxygen atoms in total. The van der Waals surface area contributed by atoms with Gasteiger partial charge in [0.05, 0.1) is 6.33 Å². The van der Waals surface area contributed by atoms with Gasteiger partial charge in [-0.15, -0.1) is 0 Å². The van der Waals surface area contributed by atoms with Gasteiger partial charge in [0.1, 0.15) is 10.5 Å². The molecule has 0 unspecified atom stereocenters. The summed E-state index contributed by atoms with van der Waals surface area (Å²) in [5, 5.41) is 1.07. The van der Waals surface area contributed by atoms with E-state index in [1.54, 1.807) is 0 Å². The minimum absolute atomic E-state index is 0.0929. The summed E-state index contributed by atoms with van der Waals surface area (Å²) in [6.45, 7) is 0. The Morgan fingerprint density at radius 3 is 3.00 bits per heavy atom. The smallest absolute Gasteiger partial charge is 0.251 e. The summed E-state index contributed by atoms with van der Waals surface area (Å²) >= 11 is 6.97. The molecule has 0 bridgehead atoms. The van der Waals surface area contributed by atoms with Gasteiger partial charge >= 0.3 is 0 Å². The number of hydrogen-bond donors (Lipinski definition) is 2. The lowest BCUT2D eigenvalue weighted by Crippen LogP contribution is -2.05. The largest absolute Gasteiger partial charge is 0.341 e. The number of H-pyrrole nitrogens is 2. The second kappa shape index (κ2) is 4.39.